The van der Waals surface area contributed by atoms with Crippen LogP contribution in [0.3, 0.4) is 0 Å². The number of rotatable bonds is 4. The fourth-order valence-corrected chi connectivity index (χ4v) is 2.27. The summed E-state index contributed by atoms with van der Waals surface area (Å²) >= 11 is 0. The Balaban J connectivity index is 0.00000132. The summed E-state index contributed by atoms with van der Waals surface area (Å²) in [6.45, 7) is 2.46. The summed E-state index contributed by atoms with van der Waals surface area (Å²) in [4.78, 5) is 22.1. The van der Waals surface area contributed by atoms with Crippen molar-refractivity contribution in [1.82, 2.24) is 20.2 Å². The summed E-state index contributed by atoms with van der Waals surface area (Å²) in [5.41, 5.74) is 0.322. The summed E-state index contributed by atoms with van der Waals surface area (Å²) in [7, 11) is 0. The maximum absolute atomic E-state index is 12.4. The first-order chi connectivity index (χ1) is 10.3. The quantitative estimate of drug-likeness (QED) is 0.887. The van der Waals surface area contributed by atoms with Gasteiger partial charge in [-0.25, -0.2) is 4.98 Å². The van der Waals surface area contributed by atoms with Crippen LogP contribution in [-0.2, 0) is 0 Å². The highest BCUT2D eigenvalue weighted by atomic mass is 35.5. The maximum atomic E-state index is 12.4. The fourth-order valence-electron chi connectivity index (χ4n) is 2.27. The van der Waals surface area contributed by atoms with Crippen molar-refractivity contribution < 1.29 is 13.9 Å². The molecule has 1 aliphatic heterocycles. The number of oxazole rings is 1. The SMILES string of the molecule is Cl.Cl.O=C(c1cocn1)N1CCNCC1COc1cccnc1. The molecule has 126 valence electrons. The summed E-state index contributed by atoms with van der Waals surface area (Å²) < 4.78 is 10.6. The van der Waals surface area contributed by atoms with Crippen molar-refractivity contribution in [2.75, 3.05) is 26.2 Å². The van der Waals surface area contributed by atoms with E-state index in [0.29, 0.717) is 31.1 Å². The van der Waals surface area contributed by atoms with Crippen LogP contribution >= 0.6 is 24.8 Å². The molecule has 1 N–H and O–H groups in total. The monoisotopic (exact) mass is 360 g/mol. The molecule has 9 heteroatoms. The maximum Gasteiger partial charge on any atom is 0.276 e. The highest BCUT2D eigenvalue weighted by molar-refractivity contribution is 5.92. The smallest absolute Gasteiger partial charge is 0.276 e. The lowest BCUT2D eigenvalue weighted by molar-refractivity contribution is 0.0553. The molecule has 0 aromatic carbocycles. The molecule has 1 unspecified atom stereocenters. The van der Waals surface area contributed by atoms with Crippen molar-refractivity contribution in [3.8, 4) is 5.75 Å². The molecule has 2 aromatic heterocycles. The molecular weight excluding hydrogens is 343 g/mol. The van der Waals surface area contributed by atoms with Crippen molar-refractivity contribution >= 4 is 30.7 Å². The number of amides is 1. The highest BCUT2D eigenvalue weighted by Crippen LogP contribution is 2.12. The third kappa shape index (κ3) is 4.82. The largest absolute Gasteiger partial charge is 0.490 e. The van der Waals surface area contributed by atoms with Gasteiger partial charge in [-0.1, -0.05) is 0 Å². The zero-order chi connectivity index (χ0) is 14.5. The van der Waals surface area contributed by atoms with E-state index in [1.165, 1.54) is 12.7 Å². The summed E-state index contributed by atoms with van der Waals surface area (Å²) in [6.07, 6.45) is 5.97. The van der Waals surface area contributed by atoms with Gasteiger partial charge in [-0.2, -0.15) is 0 Å². The predicted octanol–water partition coefficient (Wildman–Crippen LogP) is 1.41. The number of carbonyl (C=O) groups excluding carboxylic acids is 1. The summed E-state index contributed by atoms with van der Waals surface area (Å²) in [6, 6.07) is 3.60. The number of pyridine rings is 1. The van der Waals surface area contributed by atoms with Crippen LogP contribution in [0, 0.1) is 0 Å². The Morgan fingerprint density at radius 3 is 3.04 bits per heavy atom. The molecule has 0 bridgehead atoms. The van der Waals surface area contributed by atoms with Crippen LogP contribution in [-0.4, -0.2) is 53.1 Å². The van der Waals surface area contributed by atoms with Crippen LogP contribution in [0.15, 0.2) is 41.6 Å². The summed E-state index contributed by atoms with van der Waals surface area (Å²) in [5, 5.41) is 3.27. The number of nitrogens with one attached hydrogen (secondary N) is 1. The molecule has 2 aromatic rings. The molecule has 23 heavy (non-hydrogen) atoms. The van der Waals surface area contributed by atoms with Gasteiger partial charge in [0, 0.05) is 25.8 Å². The molecule has 0 spiro atoms. The molecular formula is C14H18Cl2N4O3. The van der Waals surface area contributed by atoms with Crippen LogP contribution < -0.4 is 10.1 Å². The normalized spacial score (nSPS) is 16.9. The second-order valence-electron chi connectivity index (χ2n) is 4.73. The number of nitrogens with zero attached hydrogens (tertiary/aromatic N) is 3. The van der Waals surface area contributed by atoms with Gasteiger partial charge in [-0.15, -0.1) is 24.8 Å². The van der Waals surface area contributed by atoms with Gasteiger partial charge in [0.2, 0.25) is 0 Å². The number of hydrogen-bond donors (Lipinski definition) is 1. The number of carbonyl (C=O) groups is 1. The number of ether oxygens (including phenoxy) is 1. The van der Waals surface area contributed by atoms with E-state index in [9.17, 15) is 4.79 Å². The first kappa shape index (κ1) is 19.2. The topological polar surface area (TPSA) is 80.5 Å². The molecule has 3 heterocycles. The van der Waals surface area contributed by atoms with Gasteiger partial charge < -0.3 is 19.4 Å². The predicted molar refractivity (Wildman–Crippen MR) is 88.4 cm³/mol. The molecule has 1 atom stereocenters. The van der Waals surface area contributed by atoms with Crippen molar-refractivity contribution in [1.29, 1.82) is 0 Å². The van der Waals surface area contributed by atoms with E-state index in [-0.39, 0.29) is 36.8 Å². The number of aromatic nitrogens is 2. The van der Waals surface area contributed by atoms with Gasteiger partial charge in [-0.3, -0.25) is 9.78 Å². The van der Waals surface area contributed by atoms with Crippen molar-refractivity contribution in [2.45, 2.75) is 6.04 Å². The summed E-state index contributed by atoms with van der Waals surface area (Å²) in [5.74, 6) is 0.557. The average molecular weight is 361 g/mol. The van der Waals surface area contributed by atoms with Crippen LogP contribution in [0.1, 0.15) is 10.5 Å². The average Bonchev–Trinajstić information content (AvgIpc) is 3.08. The van der Waals surface area contributed by atoms with Crippen molar-refractivity contribution in [3.63, 3.8) is 0 Å². The molecule has 1 aliphatic rings. The zero-order valence-corrected chi connectivity index (χ0v) is 13.9. The van der Waals surface area contributed by atoms with E-state index >= 15 is 0 Å². The van der Waals surface area contributed by atoms with Crippen molar-refractivity contribution in [3.05, 3.63) is 42.9 Å². The van der Waals surface area contributed by atoms with Gasteiger partial charge in [0.1, 0.15) is 18.6 Å². The third-order valence-corrected chi connectivity index (χ3v) is 3.34. The molecule has 1 saturated heterocycles. The van der Waals surface area contributed by atoms with Gasteiger partial charge in [-0.05, 0) is 12.1 Å². The van der Waals surface area contributed by atoms with E-state index in [1.54, 1.807) is 17.3 Å². The van der Waals surface area contributed by atoms with E-state index in [0.717, 1.165) is 6.54 Å². The van der Waals surface area contributed by atoms with Crippen LogP contribution in [0.4, 0.5) is 0 Å². The minimum absolute atomic E-state index is 0. The van der Waals surface area contributed by atoms with E-state index in [2.05, 4.69) is 15.3 Å². The molecule has 0 radical (unpaired) electrons. The number of halogens is 2. The number of hydrogen-bond acceptors (Lipinski definition) is 6. The van der Waals surface area contributed by atoms with Crippen LogP contribution in [0.25, 0.3) is 0 Å². The highest BCUT2D eigenvalue weighted by Gasteiger charge is 2.29. The third-order valence-electron chi connectivity index (χ3n) is 3.34. The Bertz CT molecular complexity index is 583. The molecule has 0 saturated carbocycles. The lowest BCUT2D eigenvalue weighted by atomic mass is 10.2. The van der Waals surface area contributed by atoms with Gasteiger partial charge in [0.15, 0.2) is 12.1 Å². The Morgan fingerprint density at radius 2 is 2.35 bits per heavy atom. The van der Waals surface area contributed by atoms with E-state index in [1.807, 2.05) is 12.1 Å². The van der Waals surface area contributed by atoms with Crippen LogP contribution in [0.5, 0.6) is 5.75 Å². The Labute approximate surface area is 146 Å². The number of piperazine rings is 1. The minimum Gasteiger partial charge on any atom is -0.490 e. The zero-order valence-electron chi connectivity index (χ0n) is 12.3. The molecule has 1 amide bonds. The Kier molecular flexibility index (Phi) is 7.80. The standard InChI is InChI=1S/C14H16N4O3.2ClH/c19-14(13-9-20-10-17-13)18-5-4-16-6-11(18)8-21-12-2-1-3-15-7-12;;/h1-3,7,9-11,16H,4-6,8H2;2*1H. The second-order valence-corrected chi connectivity index (χ2v) is 4.73. The first-order valence-corrected chi connectivity index (χ1v) is 6.77. The fraction of sp³-hybridized carbons (Fsp3) is 0.357. The Hall–Kier alpha value is -1.83. The van der Waals surface area contributed by atoms with Gasteiger partial charge >= 0.3 is 0 Å². The van der Waals surface area contributed by atoms with Gasteiger partial charge in [0.05, 0.1) is 12.2 Å². The molecule has 0 aliphatic carbocycles. The minimum atomic E-state index is -0.134. The Morgan fingerprint density at radius 1 is 1.48 bits per heavy atom. The lowest BCUT2D eigenvalue weighted by Crippen LogP contribution is -2.56. The van der Waals surface area contributed by atoms with E-state index < -0.39 is 0 Å². The molecule has 7 nitrogen and oxygen atoms in total. The second kappa shape index (κ2) is 9.34. The molecule has 1 fully saturated rings. The van der Waals surface area contributed by atoms with Crippen LogP contribution in [0.2, 0.25) is 0 Å². The lowest BCUT2D eigenvalue weighted by Gasteiger charge is -2.35. The van der Waals surface area contributed by atoms with Crippen molar-refractivity contribution in [2.24, 2.45) is 0 Å². The van der Waals surface area contributed by atoms with Gasteiger partial charge in [0.25, 0.3) is 5.91 Å². The van der Waals surface area contributed by atoms with E-state index in [4.69, 9.17) is 9.15 Å². The molecule has 3 rings (SSSR count). The first-order valence-electron chi connectivity index (χ1n) is 6.77.